The topological polar surface area (TPSA) is 87.0 Å². The van der Waals surface area contributed by atoms with E-state index in [-0.39, 0.29) is 23.8 Å². The number of ketones is 1. The van der Waals surface area contributed by atoms with Crippen LogP contribution in [0.3, 0.4) is 0 Å². The average molecular weight is 478 g/mol. The zero-order valence-corrected chi connectivity index (χ0v) is 20.4. The Labute approximate surface area is 205 Å². The molecule has 7 nitrogen and oxygen atoms in total. The van der Waals surface area contributed by atoms with E-state index in [0.717, 1.165) is 37.1 Å². The second-order valence-electron chi connectivity index (χ2n) is 9.43. The molecule has 0 saturated heterocycles. The summed E-state index contributed by atoms with van der Waals surface area (Å²) in [5.41, 5.74) is 3.25. The van der Waals surface area contributed by atoms with E-state index in [2.05, 4.69) is 5.32 Å². The lowest BCUT2D eigenvalue weighted by Crippen LogP contribution is -2.36. The first-order chi connectivity index (χ1) is 17.0. The Morgan fingerprint density at radius 2 is 1.86 bits per heavy atom. The Morgan fingerprint density at radius 3 is 2.54 bits per heavy atom. The molecule has 1 fully saturated rings. The molecular weight excluding hydrogens is 446 g/mol. The van der Waals surface area contributed by atoms with Gasteiger partial charge in [-0.05, 0) is 57.2 Å². The number of dihydropyridines is 1. The van der Waals surface area contributed by atoms with Crippen LogP contribution < -0.4 is 14.8 Å². The monoisotopic (exact) mass is 477 g/mol. The normalized spacial score (nSPS) is 22.7. The Balaban J connectivity index is 1.61. The summed E-state index contributed by atoms with van der Waals surface area (Å²) in [6.45, 7) is 1.87. The molecule has 1 aromatic heterocycles. The van der Waals surface area contributed by atoms with Crippen molar-refractivity contribution in [3.63, 3.8) is 0 Å². The van der Waals surface area contributed by atoms with E-state index in [1.807, 2.05) is 31.2 Å². The van der Waals surface area contributed by atoms with Crippen LogP contribution in [0.2, 0.25) is 0 Å². The third-order valence-corrected chi connectivity index (χ3v) is 7.31. The fraction of sp³-hybridized carbons (Fsp3) is 0.429. The fourth-order valence-corrected chi connectivity index (χ4v) is 5.71. The second kappa shape index (κ2) is 9.64. The molecule has 35 heavy (non-hydrogen) atoms. The maximum atomic E-state index is 13.7. The largest absolute Gasteiger partial charge is 0.493 e. The molecule has 1 aromatic carbocycles. The first-order valence-corrected chi connectivity index (χ1v) is 12.2. The number of esters is 1. The number of para-hydroxylation sites is 1. The Bertz CT molecular complexity index is 1190. The van der Waals surface area contributed by atoms with Crippen LogP contribution in [0.25, 0.3) is 0 Å². The molecule has 5 rings (SSSR count). The lowest BCUT2D eigenvalue weighted by atomic mass is 9.72. The van der Waals surface area contributed by atoms with Gasteiger partial charge in [-0.2, -0.15) is 0 Å². The lowest BCUT2D eigenvalue weighted by molar-refractivity contribution is -0.144. The number of hydrogen-bond acceptors (Lipinski definition) is 7. The molecule has 2 atom stereocenters. The van der Waals surface area contributed by atoms with E-state index in [1.54, 1.807) is 26.5 Å². The molecular formula is C28H31NO6. The van der Waals surface area contributed by atoms with Gasteiger partial charge in [-0.3, -0.25) is 4.79 Å². The minimum atomic E-state index is -0.616. The highest BCUT2D eigenvalue weighted by Gasteiger charge is 2.43. The summed E-state index contributed by atoms with van der Waals surface area (Å²) >= 11 is 0. The Kier molecular flexibility index (Phi) is 6.41. The van der Waals surface area contributed by atoms with Crippen molar-refractivity contribution in [2.24, 2.45) is 0 Å². The lowest BCUT2D eigenvalue weighted by Gasteiger charge is -2.37. The van der Waals surface area contributed by atoms with Crippen molar-refractivity contribution in [3.05, 3.63) is 70.5 Å². The van der Waals surface area contributed by atoms with E-state index >= 15 is 0 Å². The Hall–Kier alpha value is -3.48. The molecule has 2 heterocycles. The molecule has 1 N–H and O–H groups in total. The van der Waals surface area contributed by atoms with E-state index in [0.29, 0.717) is 46.7 Å². The number of Topliss-reactive ketones (excluding diaryl/α,β-unsaturated/α-hetero) is 1. The van der Waals surface area contributed by atoms with E-state index in [4.69, 9.17) is 18.6 Å². The first kappa shape index (κ1) is 23.3. The molecule has 7 heteroatoms. The summed E-state index contributed by atoms with van der Waals surface area (Å²) in [5.74, 6) is 0.761. The van der Waals surface area contributed by atoms with Gasteiger partial charge in [0.25, 0.3) is 0 Å². The van der Waals surface area contributed by atoms with Gasteiger partial charge in [0.15, 0.2) is 17.3 Å². The highest BCUT2D eigenvalue weighted by molar-refractivity contribution is 6.04. The summed E-state index contributed by atoms with van der Waals surface area (Å²) in [6.07, 6.45) is 6.32. The third-order valence-electron chi connectivity index (χ3n) is 7.31. The molecule has 2 unspecified atom stereocenters. The van der Waals surface area contributed by atoms with Gasteiger partial charge < -0.3 is 23.9 Å². The van der Waals surface area contributed by atoms with Gasteiger partial charge in [0, 0.05) is 34.9 Å². The molecule has 2 aliphatic carbocycles. The van der Waals surface area contributed by atoms with Gasteiger partial charge in [0.05, 0.1) is 32.0 Å². The van der Waals surface area contributed by atoms with Gasteiger partial charge in [-0.25, -0.2) is 4.79 Å². The van der Waals surface area contributed by atoms with Crippen LogP contribution >= 0.6 is 0 Å². The van der Waals surface area contributed by atoms with E-state index < -0.39 is 5.92 Å². The molecule has 0 amide bonds. The first-order valence-electron chi connectivity index (χ1n) is 12.2. The van der Waals surface area contributed by atoms with E-state index in [1.165, 1.54) is 0 Å². The second-order valence-corrected chi connectivity index (χ2v) is 9.43. The molecule has 1 aliphatic heterocycles. The highest BCUT2D eigenvalue weighted by atomic mass is 16.5. The summed E-state index contributed by atoms with van der Waals surface area (Å²) < 4.78 is 22.8. The van der Waals surface area contributed by atoms with Crippen molar-refractivity contribution in [3.8, 4) is 11.5 Å². The zero-order valence-electron chi connectivity index (χ0n) is 20.4. The number of ether oxygens (including phenoxy) is 3. The standard InChI is InChI=1S/C28H31NO6/c1-16-24(28(31)35-18-8-4-5-9-18)25(19-10-6-11-23(32-2)27(19)33-3)26-20(29-16)14-17(15-21(26)30)22-12-7-13-34-22/h6-7,10-13,17-18,25,29H,4-5,8-9,14-15H2,1-3H3. The maximum Gasteiger partial charge on any atom is 0.337 e. The number of hydrogen-bond donors (Lipinski definition) is 1. The van der Waals surface area contributed by atoms with Crippen molar-refractivity contribution in [1.82, 2.24) is 5.32 Å². The molecule has 0 radical (unpaired) electrons. The molecule has 0 spiro atoms. The Morgan fingerprint density at radius 1 is 1.06 bits per heavy atom. The average Bonchev–Trinajstić information content (AvgIpc) is 3.57. The molecule has 3 aliphatic rings. The minimum absolute atomic E-state index is 0.0197. The molecule has 184 valence electrons. The SMILES string of the molecule is COc1cccc(C2C(C(=O)OC3CCCC3)=C(C)NC3=C2C(=O)CC(c2ccco2)C3)c1OC. The van der Waals surface area contributed by atoms with Crippen LogP contribution in [0.4, 0.5) is 0 Å². The van der Waals surface area contributed by atoms with Crippen molar-refractivity contribution >= 4 is 11.8 Å². The van der Waals surface area contributed by atoms with Crippen LogP contribution in [0, 0.1) is 0 Å². The van der Waals surface area contributed by atoms with Gasteiger partial charge >= 0.3 is 5.97 Å². The summed E-state index contributed by atoms with van der Waals surface area (Å²) in [7, 11) is 3.14. The van der Waals surface area contributed by atoms with Gasteiger partial charge in [0.2, 0.25) is 0 Å². The number of carbonyl (C=O) groups excluding carboxylic acids is 2. The zero-order chi connectivity index (χ0) is 24.5. The third kappa shape index (κ3) is 4.24. The predicted octanol–water partition coefficient (Wildman–Crippen LogP) is 5.14. The van der Waals surface area contributed by atoms with Crippen molar-refractivity contribution in [1.29, 1.82) is 0 Å². The minimum Gasteiger partial charge on any atom is -0.493 e. The van der Waals surface area contributed by atoms with E-state index in [9.17, 15) is 9.59 Å². The maximum absolute atomic E-state index is 13.7. The fourth-order valence-electron chi connectivity index (χ4n) is 5.71. The summed E-state index contributed by atoms with van der Waals surface area (Å²) in [4.78, 5) is 27.3. The molecule has 0 bridgehead atoms. The number of carbonyl (C=O) groups is 2. The smallest absolute Gasteiger partial charge is 0.337 e. The summed E-state index contributed by atoms with van der Waals surface area (Å²) in [6, 6.07) is 9.30. The highest BCUT2D eigenvalue weighted by Crippen LogP contribution is 2.49. The van der Waals surface area contributed by atoms with Crippen LogP contribution in [0.5, 0.6) is 11.5 Å². The number of furan rings is 1. The summed E-state index contributed by atoms with van der Waals surface area (Å²) in [5, 5.41) is 3.39. The van der Waals surface area contributed by atoms with Crippen molar-refractivity contribution < 1.29 is 28.2 Å². The number of rotatable bonds is 6. The van der Waals surface area contributed by atoms with Crippen LogP contribution in [0.15, 0.2) is 63.6 Å². The van der Waals surface area contributed by atoms with Gasteiger partial charge in [-0.1, -0.05) is 12.1 Å². The van der Waals surface area contributed by atoms with Crippen molar-refractivity contribution in [2.45, 2.75) is 63.4 Å². The van der Waals surface area contributed by atoms with Crippen molar-refractivity contribution in [2.75, 3.05) is 14.2 Å². The molecule has 1 saturated carbocycles. The van der Waals surface area contributed by atoms with Gasteiger partial charge in [0.1, 0.15) is 11.9 Å². The number of allylic oxidation sites excluding steroid dienone is 3. The molecule has 2 aromatic rings. The van der Waals surface area contributed by atoms with Crippen LogP contribution in [0.1, 0.15) is 68.6 Å². The number of benzene rings is 1. The van der Waals surface area contributed by atoms with Gasteiger partial charge in [-0.15, -0.1) is 0 Å². The van der Waals surface area contributed by atoms with Crippen LogP contribution in [-0.2, 0) is 14.3 Å². The van der Waals surface area contributed by atoms with Crippen LogP contribution in [-0.4, -0.2) is 32.1 Å². The number of methoxy groups -OCH3 is 2. The number of nitrogens with one attached hydrogen (secondary N) is 1. The predicted molar refractivity (Wildman–Crippen MR) is 129 cm³/mol. The quantitative estimate of drug-likeness (QED) is 0.576.